The van der Waals surface area contributed by atoms with Crippen LogP contribution in [0.25, 0.3) is 10.2 Å². The molecule has 1 aromatic carbocycles. The predicted molar refractivity (Wildman–Crippen MR) is 148 cm³/mol. The Balaban J connectivity index is 1.33. The van der Waals surface area contributed by atoms with Gasteiger partial charge in [0.05, 0.1) is 22.2 Å². The highest BCUT2D eigenvalue weighted by Gasteiger charge is 2.75. The van der Waals surface area contributed by atoms with E-state index in [1.807, 2.05) is 0 Å². The normalized spacial score (nSPS) is 30.6. The smallest absolute Gasteiger partial charge is 0.356 e. The molecule has 2 aromatic rings. The maximum atomic E-state index is 15.4. The second-order valence-corrected chi connectivity index (χ2v) is 13.6. The topological polar surface area (TPSA) is 150 Å². The number of aromatic nitrogens is 1. The Morgan fingerprint density at radius 2 is 1.89 bits per heavy atom. The summed E-state index contributed by atoms with van der Waals surface area (Å²) in [5.41, 5.74) is -2.89. The molecule has 242 valence electrons. The van der Waals surface area contributed by atoms with Gasteiger partial charge >= 0.3 is 12.1 Å². The van der Waals surface area contributed by atoms with Crippen LogP contribution in [0.3, 0.4) is 0 Å². The maximum absolute atomic E-state index is 15.4. The highest BCUT2D eigenvalue weighted by Crippen LogP contribution is 2.59. The number of hydrogen-bond donors (Lipinski definition) is 4. The highest BCUT2D eigenvalue weighted by molar-refractivity contribution is 7.20. The van der Waals surface area contributed by atoms with Gasteiger partial charge in [0.1, 0.15) is 17.7 Å². The molecule has 1 spiro atoms. The van der Waals surface area contributed by atoms with Crippen molar-refractivity contribution in [2.45, 2.75) is 81.0 Å². The number of hydrogen-bond acceptors (Lipinski definition) is 8. The zero-order chi connectivity index (χ0) is 32.7. The number of benzene rings is 1. The first-order valence-corrected chi connectivity index (χ1v) is 15.1. The Kier molecular flexibility index (Phi) is 7.23. The van der Waals surface area contributed by atoms with E-state index in [0.29, 0.717) is 23.2 Å². The first-order valence-electron chi connectivity index (χ1n) is 14.3. The van der Waals surface area contributed by atoms with Crippen LogP contribution in [-0.4, -0.2) is 87.3 Å². The van der Waals surface area contributed by atoms with Crippen LogP contribution in [0.1, 0.15) is 49.3 Å². The van der Waals surface area contributed by atoms with Crippen molar-refractivity contribution in [3.05, 3.63) is 29.3 Å². The molecule has 3 aliphatic heterocycles. The lowest BCUT2D eigenvalue weighted by Gasteiger charge is -2.55. The number of nitrogens with one attached hydrogen (secondary N) is 4. The van der Waals surface area contributed by atoms with Crippen molar-refractivity contribution in [2.24, 2.45) is 11.8 Å². The van der Waals surface area contributed by atoms with Gasteiger partial charge in [-0.05, 0) is 45.2 Å². The zero-order valence-electron chi connectivity index (χ0n) is 24.0. The molecular weight excluding hydrogens is 627 g/mol. The molecule has 1 aromatic heterocycles. The van der Waals surface area contributed by atoms with E-state index in [-0.39, 0.29) is 17.3 Å². The number of rotatable bonds is 7. The number of ketones is 1. The van der Waals surface area contributed by atoms with Gasteiger partial charge in [-0.15, -0.1) is 11.3 Å². The first kappa shape index (κ1) is 31.3. The van der Waals surface area contributed by atoms with E-state index < -0.39 is 89.6 Å². The Hall–Kier alpha value is -3.73. The Morgan fingerprint density at radius 3 is 2.53 bits per heavy atom. The number of fused-ring (bicyclic) bond motifs is 2. The predicted octanol–water partition coefficient (Wildman–Crippen LogP) is 1.87. The van der Waals surface area contributed by atoms with Crippen molar-refractivity contribution in [3.8, 4) is 0 Å². The third kappa shape index (κ3) is 5.22. The molecule has 1 saturated carbocycles. The fourth-order valence-electron chi connectivity index (χ4n) is 7.23. The number of piperidine rings is 1. The highest BCUT2D eigenvalue weighted by atomic mass is 32.1. The summed E-state index contributed by atoms with van der Waals surface area (Å²) in [4.78, 5) is 70.9. The van der Waals surface area contributed by atoms with Crippen LogP contribution >= 0.6 is 11.3 Å². The number of alkyl halides is 5. The van der Waals surface area contributed by atoms with Crippen LogP contribution in [0.4, 0.5) is 22.0 Å². The minimum Gasteiger partial charge on any atom is -0.356 e. The number of carbonyl (C=O) groups is 5. The molecule has 17 heteroatoms. The van der Waals surface area contributed by atoms with Crippen molar-refractivity contribution in [1.82, 2.24) is 31.2 Å². The van der Waals surface area contributed by atoms with Crippen molar-refractivity contribution in [2.75, 3.05) is 6.54 Å². The summed E-state index contributed by atoms with van der Waals surface area (Å²) >= 11 is 1.05. The fourth-order valence-corrected chi connectivity index (χ4v) is 8.19. The third-order valence-electron chi connectivity index (χ3n) is 9.13. The molecule has 1 aliphatic carbocycles. The average molecular weight is 657 g/mol. The molecule has 0 radical (unpaired) electrons. The van der Waals surface area contributed by atoms with Gasteiger partial charge in [-0.2, -0.15) is 13.2 Å². The quantitative estimate of drug-likeness (QED) is 0.263. The van der Waals surface area contributed by atoms with Gasteiger partial charge in [0.15, 0.2) is 5.01 Å². The van der Waals surface area contributed by atoms with Crippen molar-refractivity contribution < 1.29 is 45.9 Å². The minimum absolute atomic E-state index is 0.0158. The molecule has 4 aliphatic rings. The molecular formula is C28H29F5N6O5S. The van der Waals surface area contributed by atoms with Crippen LogP contribution < -0.4 is 21.3 Å². The third-order valence-corrected chi connectivity index (χ3v) is 10.2. The molecule has 3 saturated heterocycles. The van der Waals surface area contributed by atoms with Crippen LogP contribution in [0.5, 0.6) is 0 Å². The molecule has 4 N–H and O–H groups in total. The van der Waals surface area contributed by atoms with E-state index in [2.05, 4.69) is 20.9 Å². The Labute approximate surface area is 256 Å². The van der Waals surface area contributed by atoms with Gasteiger partial charge in [-0.1, -0.05) is 12.1 Å². The van der Waals surface area contributed by atoms with E-state index in [1.165, 1.54) is 13.8 Å². The summed E-state index contributed by atoms with van der Waals surface area (Å²) in [7, 11) is 0. The minimum atomic E-state index is -5.33. The second-order valence-electron chi connectivity index (χ2n) is 12.6. The van der Waals surface area contributed by atoms with Gasteiger partial charge in [-0.3, -0.25) is 29.3 Å². The average Bonchev–Trinajstić information content (AvgIpc) is 3.68. The van der Waals surface area contributed by atoms with Crippen LogP contribution in [0, 0.1) is 11.8 Å². The second kappa shape index (κ2) is 10.4. The van der Waals surface area contributed by atoms with E-state index in [1.54, 1.807) is 29.6 Å². The summed E-state index contributed by atoms with van der Waals surface area (Å²) in [5, 5.41) is 9.67. The lowest BCUT2D eigenvalue weighted by Crippen LogP contribution is -2.81. The lowest BCUT2D eigenvalue weighted by atomic mass is 9.83. The van der Waals surface area contributed by atoms with Crippen molar-refractivity contribution in [1.29, 1.82) is 0 Å². The van der Waals surface area contributed by atoms with Crippen LogP contribution in [0.15, 0.2) is 24.3 Å². The first-order chi connectivity index (χ1) is 20.9. The SMILES string of the molecule is CC1(C)N[C@@]23C[C@@H]([C@@H](C(=O)N[C@@H](C[C@@H]4CCNC4=O)C(=O)c4nc5ccccc5s4)N2C(=O)[C@H]1NC(=O)C(F)(F)F)C(F)(F)C3. The number of thiazole rings is 1. The molecule has 2 bridgehead atoms. The van der Waals surface area contributed by atoms with Crippen molar-refractivity contribution in [3.63, 3.8) is 0 Å². The van der Waals surface area contributed by atoms with Gasteiger partial charge in [0.25, 0.3) is 5.92 Å². The van der Waals surface area contributed by atoms with Gasteiger partial charge < -0.3 is 20.9 Å². The van der Waals surface area contributed by atoms with E-state index in [9.17, 15) is 37.1 Å². The number of para-hydroxylation sites is 1. The fraction of sp³-hybridized carbons (Fsp3) is 0.571. The van der Waals surface area contributed by atoms with Gasteiger partial charge in [0.2, 0.25) is 23.5 Å². The number of nitrogens with zero attached hydrogens (tertiary/aromatic N) is 2. The molecule has 4 amide bonds. The van der Waals surface area contributed by atoms with Crippen LogP contribution in [-0.2, 0) is 19.2 Å². The zero-order valence-corrected chi connectivity index (χ0v) is 24.8. The van der Waals surface area contributed by atoms with Crippen LogP contribution in [0.2, 0.25) is 0 Å². The lowest BCUT2D eigenvalue weighted by molar-refractivity contribution is -0.184. The Morgan fingerprint density at radius 1 is 1.18 bits per heavy atom. The van der Waals surface area contributed by atoms with E-state index >= 15 is 8.78 Å². The summed E-state index contributed by atoms with van der Waals surface area (Å²) in [5.74, 6) is -11.6. The number of Topliss-reactive ketones (excluding diaryl/α,β-unsaturated/α-hetero) is 1. The van der Waals surface area contributed by atoms with Gasteiger partial charge in [0, 0.05) is 24.4 Å². The Bertz CT molecular complexity index is 1580. The molecule has 45 heavy (non-hydrogen) atoms. The number of halogens is 5. The van der Waals surface area contributed by atoms with E-state index in [4.69, 9.17) is 0 Å². The molecule has 11 nitrogen and oxygen atoms in total. The van der Waals surface area contributed by atoms with Gasteiger partial charge in [-0.25, -0.2) is 13.8 Å². The number of amides is 4. The molecule has 4 heterocycles. The summed E-state index contributed by atoms with van der Waals surface area (Å²) < 4.78 is 70.9. The summed E-state index contributed by atoms with van der Waals surface area (Å²) in [6, 6.07) is 1.75. The summed E-state index contributed by atoms with van der Waals surface area (Å²) in [6.07, 6.45) is -6.45. The molecule has 6 atom stereocenters. The molecule has 6 rings (SSSR count). The van der Waals surface area contributed by atoms with E-state index in [0.717, 1.165) is 16.2 Å². The molecule has 0 unspecified atom stereocenters. The maximum Gasteiger partial charge on any atom is 0.471 e. The van der Waals surface area contributed by atoms with Crippen molar-refractivity contribution >= 4 is 51.0 Å². The summed E-state index contributed by atoms with van der Waals surface area (Å²) in [6.45, 7) is 2.95. The molecule has 4 fully saturated rings. The number of carbonyl (C=O) groups excluding carboxylic acids is 5. The standard InChI is InChI=1S/C28H29F5N6O5S/c1-25(2)19(37-24(44)28(31,32)33)23(43)39-17(13-10-26(39,38-25)11-27(13,29)30)21(42)35-15(9-12-7-8-34-20(12)41)18(40)22-36-14-5-3-4-6-16(14)45-22/h3-6,12-13,15,17,19,38H,7-11H2,1-2H3,(H,34,41)(H,35,42)(H,37,44)/t12-,13-,15-,17-,19+,26-/m0/s1. The monoisotopic (exact) mass is 656 g/mol. The largest absolute Gasteiger partial charge is 0.471 e.